The van der Waals surface area contributed by atoms with Gasteiger partial charge in [-0.05, 0) is 12.1 Å². The van der Waals surface area contributed by atoms with Gasteiger partial charge in [0.1, 0.15) is 24.6 Å². The number of aromatic nitrogens is 4. The molecule has 0 saturated carbocycles. The van der Waals surface area contributed by atoms with E-state index in [0.717, 1.165) is 5.69 Å². The number of benzene rings is 1. The summed E-state index contributed by atoms with van der Waals surface area (Å²) < 4.78 is 7.12. The monoisotopic (exact) mass is 357 g/mol. The molecule has 26 heavy (non-hydrogen) atoms. The summed E-state index contributed by atoms with van der Waals surface area (Å²) in [4.78, 5) is 14.9. The Morgan fingerprint density at radius 3 is 2.58 bits per heavy atom. The molecule has 4 atom stereocenters. The highest BCUT2D eigenvalue weighted by molar-refractivity contribution is 5.86. The molecule has 3 N–H and O–H groups in total. The van der Waals surface area contributed by atoms with Crippen molar-refractivity contribution in [3.05, 3.63) is 43.0 Å². The van der Waals surface area contributed by atoms with Crippen molar-refractivity contribution < 1.29 is 20.1 Å². The largest absolute Gasteiger partial charge is 0.394 e. The molecular formula is C17H19N5O4. The first kappa shape index (κ1) is 16.9. The van der Waals surface area contributed by atoms with Crippen LogP contribution in [0.3, 0.4) is 0 Å². The van der Waals surface area contributed by atoms with Crippen LogP contribution in [0.15, 0.2) is 43.0 Å². The van der Waals surface area contributed by atoms with Gasteiger partial charge in [0, 0.05) is 12.7 Å². The highest BCUT2D eigenvalue weighted by atomic mass is 16.6. The summed E-state index contributed by atoms with van der Waals surface area (Å²) in [5.74, 6) is 0.603. The lowest BCUT2D eigenvalue weighted by molar-refractivity contribution is -0.0511. The van der Waals surface area contributed by atoms with Gasteiger partial charge in [0.2, 0.25) is 0 Å². The first-order chi connectivity index (χ1) is 12.6. The smallest absolute Gasteiger partial charge is 0.167 e. The second kappa shape index (κ2) is 6.61. The third kappa shape index (κ3) is 2.61. The van der Waals surface area contributed by atoms with E-state index >= 15 is 0 Å². The fourth-order valence-corrected chi connectivity index (χ4v) is 3.15. The van der Waals surface area contributed by atoms with Crippen LogP contribution in [0.4, 0.5) is 11.5 Å². The summed E-state index contributed by atoms with van der Waals surface area (Å²) in [5.41, 5.74) is 1.94. The molecule has 9 nitrogen and oxygen atoms in total. The van der Waals surface area contributed by atoms with Crippen molar-refractivity contribution >= 4 is 22.7 Å². The van der Waals surface area contributed by atoms with Crippen LogP contribution in [-0.2, 0) is 4.74 Å². The minimum atomic E-state index is -1.20. The van der Waals surface area contributed by atoms with Gasteiger partial charge in [-0.1, -0.05) is 18.2 Å². The Bertz CT molecular complexity index is 903. The van der Waals surface area contributed by atoms with E-state index in [0.29, 0.717) is 17.0 Å². The van der Waals surface area contributed by atoms with E-state index in [1.165, 1.54) is 12.7 Å². The fourth-order valence-electron chi connectivity index (χ4n) is 3.15. The number of hydrogen-bond donors (Lipinski definition) is 3. The minimum absolute atomic E-state index is 0.391. The molecule has 136 valence electrons. The average molecular weight is 357 g/mol. The second-order valence-electron chi connectivity index (χ2n) is 6.14. The molecule has 1 aliphatic rings. The van der Waals surface area contributed by atoms with E-state index in [1.54, 1.807) is 4.57 Å². The lowest BCUT2D eigenvalue weighted by atomic mass is 10.1. The zero-order valence-corrected chi connectivity index (χ0v) is 14.0. The Labute approximate surface area is 149 Å². The van der Waals surface area contributed by atoms with Crippen molar-refractivity contribution in [3.8, 4) is 0 Å². The summed E-state index contributed by atoms with van der Waals surface area (Å²) in [5, 5.41) is 29.5. The zero-order valence-electron chi connectivity index (χ0n) is 14.0. The number of ether oxygens (including phenoxy) is 1. The maximum atomic E-state index is 10.3. The van der Waals surface area contributed by atoms with E-state index < -0.39 is 31.1 Å². The second-order valence-corrected chi connectivity index (χ2v) is 6.14. The van der Waals surface area contributed by atoms with Crippen LogP contribution in [0.5, 0.6) is 0 Å². The van der Waals surface area contributed by atoms with Gasteiger partial charge >= 0.3 is 0 Å². The normalized spacial score (nSPS) is 25.7. The quantitative estimate of drug-likeness (QED) is 0.607. The molecule has 4 rings (SSSR count). The molecule has 0 spiro atoms. The Balaban J connectivity index is 1.74. The molecule has 1 aromatic carbocycles. The number of imidazole rings is 1. The summed E-state index contributed by atoms with van der Waals surface area (Å²) in [6, 6.07) is 9.71. The molecule has 0 aliphatic carbocycles. The van der Waals surface area contributed by atoms with Crippen molar-refractivity contribution in [2.45, 2.75) is 24.5 Å². The third-order valence-corrected chi connectivity index (χ3v) is 4.59. The van der Waals surface area contributed by atoms with Gasteiger partial charge in [-0.2, -0.15) is 0 Å². The van der Waals surface area contributed by atoms with Crippen LogP contribution in [0.25, 0.3) is 11.2 Å². The average Bonchev–Trinajstić information content (AvgIpc) is 3.23. The van der Waals surface area contributed by atoms with Crippen LogP contribution in [0.1, 0.15) is 6.23 Å². The number of nitrogens with zero attached hydrogens (tertiary/aromatic N) is 5. The number of hydrogen-bond acceptors (Lipinski definition) is 8. The number of anilines is 2. The highest BCUT2D eigenvalue weighted by Gasteiger charge is 2.44. The Hall–Kier alpha value is -2.59. The van der Waals surface area contributed by atoms with Gasteiger partial charge in [-0.15, -0.1) is 0 Å². The molecule has 9 heteroatoms. The topological polar surface area (TPSA) is 117 Å². The number of aliphatic hydroxyl groups is 3. The molecule has 2 aromatic heterocycles. The summed E-state index contributed by atoms with van der Waals surface area (Å²) >= 11 is 0. The van der Waals surface area contributed by atoms with E-state index in [9.17, 15) is 15.3 Å². The van der Waals surface area contributed by atoms with E-state index in [4.69, 9.17) is 4.74 Å². The van der Waals surface area contributed by atoms with Gasteiger partial charge in [-0.25, -0.2) is 15.0 Å². The van der Waals surface area contributed by atoms with Gasteiger partial charge in [-0.3, -0.25) is 4.57 Å². The SMILES string of the molecule is CN(c1ccccc1)c1ncnc2c1ncn2C1O[C@H](CO)[C@@H](O)[C@H]1O. The molecule has 1 fully saturated rings. The van der Waals surface area contributed by atoms with Gasteiger partial charge in [0.15, 0.2) is 23.2 Å². The van der Waals surface area contributed by atoms with E-state index in [1.807, 2.05) is 42.3 Å². The van der Waals surface area contributed by atoms with Crippen LogP contribution in [0.2, 0.25) is 0 Å². The maximum Gasteiger partial charge on any atom is 0.167 e. The van der Waals surface area contributed by atoms with Crippen LogP contribution >= 0.6 is 0 Å². The van der Waals surface area contributed by atoms with E-state index in [2.05, 4.69) is 15.0 Å². The summed E-state index contributed by atoms with van der Waals surface area (Å²) in [7, 11) is 1.88. The number of aliphatic hydroxyl groups excluding tert-OH is 3. The van der Waals surface area contributed by atoms with Crippen molar-refractivity contribution in [2.75, 3.05) is 18.6 Å². The molecule has 1 saturated heterocycles. The number of para-hydroxylation sites is 1. The van der Waals surface area contributed by atoms with Crippen molar-refractivity contribution in [1.29, 1.82) is 0 Å². The molecule has 1 unspecified atom stereocenters. The number of fused-ring (bicyclic) bond motifs is 1. The van der Waals surface area contributed by atoms with Crippen molar-refractivity contribution in [3.63, 3.8) is 0 Å². The maximum absolute atomic E-state index is 10.3. The minimum Gasteiger partial charge on any atom is -0.394 e. The molecule has 0 bridgehead atoms. The van der Waals surface area contributed by atoms with Crippen molar-refractivity contribution in [2.24, 2.45) is 0 Å². The van der Waals surface area contributed by atoms with Gasteiger partial charge < -0.3 is 25.0 Å². The van der Waals surface area contributed by atoms with Crippen LogP contribution < -0.4 is 4.90 Å². The van der Waals surface area contributed by atoms with Crippen LogP contribution in [-0.4, -0.2) is 66.8 Å². The van der Waals surface area contributed by atoms with Crippen molar-refractivity contribution in [1.82, 2.24) is 19.5 Å². The fraction of sp³-hybridized carbons (Fsp3) is 0.353. The summed E-state index contributed by atoms with van der Waals surface area (Å²) in [6.07, 6.45) is -1.23. The zero-order chi connectivity index (χ0) is 18.3. The Kier molecular flexibility index (Phi) is 4.29. The Morgan fingerprint density at radius 2 is 1.88 bits per heavy atom. The first-order valence-electron chi connectivity index (χ1n) is 8.20. The summed E-state index contributed by atoms with van der Waals surface area (Å²) in [6.45, 7) is -0.391. The molecule has 3 heterocycles. The molecule has 3 aromatic rings. The van der Waals surface area contributed by atoms with Gasteiger partial charge in [0.05, 0.1) is 12.9 Å². The van der Waals surface area contributed by atoms with E-state index in [-0.39, 0.29) is 0 Å². The lowest BCUT2D eigenvalue weighted by Crippen LogP contribution is -2.33. The molecule has 1 aliphatic heterocycles. The lowest BCUT2D eigenvalue weighted by Gasteiger charge is -2.19. The highest BCUT2D eigenvalue weighted by Crippen LogP contribution is 2.33. The van der Waals surface area contributed by atoms with Gasteiger partial charge in [0.25, 0.3) is 0 Å². The Morgan fingerprint density at radius 1 is 1.12 bits per heavy atom. The standard InChI is InChI=1S/C17H19N5O4/c1-21(10-5-3-2-4-6-10)15-12-16(19-8-18-15)22(9-20-12)17-14(25)13(24)11(7-23)26-17/h2-6,8-9,11,13-14,17,23-25H,7H2,1H3/t11-,13-,14-,17?/m1/s1. The van der Waals surface area contributed by atoms with Crippen LogP contribution in [0, 0.1) is 0 Å². The first-order valence-corrected chi connectivity index (χ1v) is 8.20. The predicted octanol–water partition coefficient (Wildman–Crippen LogP) is 0.206. The molecule has 0 amide bonds. The third-order valence-electron chi connectivity index (χ3n) is 4.59. The molecule has 0 radical (unpaired) electrons. The predicted molar refractivity (Wildman–Crippen MR) is 92.8 cm³/mol. The molecular weight excluding hydrogens is 338 g/mol. The number of rotatable bonds is 4.